The molecule has 0 radical (unpaired) electrons. The predicted octanol–water partition coefficient (Wildman–Crippen LogP) is 1.15. The lowest BCUT2D eigenvalue weighted by Crippen LogP contribution is -2.43. The SMILES string of the molecule is CC1(n2ccn(Cc3ccc(-n4cccn4)cn3)c(=O)c2=O)CC1. The molecule has 1 fully saturated rings. The third kappa shape index (κ3) is 2.47. The van der Waals surface area contributed by atoms with E-state index in [0.717, 1.165) is 18.5 Å². The minimum atomic E-state index is -0.511. The van der Waals surface area contributed by atoms with Crippen LogP contribution in [0.4, 0.5) is 0 Å². The molecule has 1 saturated carbocycles. The summed E-state index contributed by atoms with van der Waals surface area (Å²) in [7, 11) is 0. The maximum absolute atomic E-state index is 12.3. The van der Waals surface area contributed by atoms with E-state index in [4.69, 9.17) is 0 Å². The van der Waals surface area contributed by atoms with Crippen molar-refractivity contribution in [2.45, 2.75) is 31.8 Å². The smallest absolute Gasteiger partial charge is 0.304 e. The van der Waals surface area contributed by atoms with Crippen molar-refractivity contribution < 1.29 is 0 Å². The molecule has 3 aromatic rings. The van der Waals surface area contributed by atoms with Crippen LogP contribution in [0.1, 0.15) is 25.5 Å². The fourth-order valence-corrected chi connectivity index (χ4v) is 2.72. The Morgan fingerprint density at radius 2 is 1.96 bits per heavy atom. The van der Waals surface area contributed by atoms with Crippen molar-refractivity contribution in [3.05, 3.63) is 75.6 Å². The van der Waals surface area contributed by atoms with E-state index in [1.165, 1.54) is 4.57 Å². The second-order valence-electron chi connectivity index (χ2n) is 6.36. The van der Waals surface area contributed by atoms with E-state index in [1.54, 1.807) is 34.0 Å². The molecule has 24 heavy (non-hydrogen) atoms. The van der Waals surface area contributed by atoms with Gasteiger partial charge in [0.25, 0.3) is 0 Å². The summed E-state index contributed by atoms with van der Waals surface area (Å²) in [6, 6.07) is 5.55. The maximum Gasteiger partial charge on any atom is 0.316 e. The number of hydrogen-bond acceptors (Lipinski definition) is 4. The van der Waals surface area contributed by atoms with Gasteiger partial charge in [-0.25, -0.2) is 4.68 Å². The van der Waals surface area contributed by atoms with Crippen LogP contribution in [0.5, 0.6) is 0 Å². The summed E-state index contributed by atoms with van der Waals surface area (Å²) in [5.41, 5.74) is 0.393. The van der Waals surface area contributed by atoms with Crippen molar-refractivity contribution in [2.75, 3.05) is 0 Å². The molecule has 0 amide bonds. The van der Waals surface area contributed by atoms with E-state index in [-0.39, 0.29) is 12.1 Å². The van der Waals surface area contributed by atoms with E-state index < -0.39 is 11.1 Å². The molecule has 4 rings (SSSR count). The van der Waals surface area contributed by atoms with Gasteiger partial charge in [-0.15, -0.1) is 0 Å². The summed E-state index contributed by atoms with van der Waals surface area (Å²) in [6.45, 7) is 2.26. The van der Waals surface area contributed by atoms with E-state index in [0.29, 0.717) is 5.69 Å². The van der Waals surface area contributed by atoms with Crippen LogP contribution in [-0.4, -0.2) is 23.9 Å². The summed E-state index contributed by atoms with van der Waals surface area (Å²) in [4.78, 5) is 28.9. The van der Waals surface area contributed by atoms with Crippen molar-refractivity contribution in [3.63, 3.8) is 0 Å². The standard InChI is InChI=1S/C17H17N5O2/c1-17(5-6-17)21-10-9-20(15(23)16(21)24)12-13-3-4-14(11-18-13)22-8-2-7-19-22/h2-4,7-11H,5-6,12H2,1H3. The molecule has 1 aliphatic carbocycles. The average molecular weight is 323 g/mol. The van der Waals surface area contributed by atoms with Crippen LogP contribution in [0.25, 0.3) is 5.69 Å². The zero-order chi connectivity index (χ0) is 16.7. The Morgan fingerprint density at radius 3 is 2.58 bits per heavy atom. The van der Waals surface area contributed by atoms with Gasteiger partial charge in [0.1, 0.15) is 0 Å². The van der Waals surface area contributed by atoms with Gasteiger partial charge in [0.05, 0.1) is 24.1 Å². The lowest BCUT2D eigenvalue weighted by atomic mass is 10.3. The van der Waals surface area contributed by atoms with Crippen molar-refractivity contribution in [1.82, 2.24) is 23.9 Å². The summed E-state index contributed by atoms with van der Waals surface area (Å²) in [6.07, 6.45) is 10.5. The number of rotatable bonds is 4. The largest absolute Gasteiger partial charge is 0.316 e. The second kappa shape index (κ2) is 5.30. The molecule has 7 heteroatoms. The van der Waals surface area contributed by atoms with Gasteiger partial charge in [0, 0.05) is 30.3 Å². The molecule has 3 aromatic heterocycles. The number of nitrogens with zero attached hydrogens (tertiary/aromatic N) is 5. The Hall–Kier alpha value is -2.96. The van der Waals surface area contributed by atoms with Gasteiger partial charge in [-0.05, 0) is 38.0 Å². The molecule has 0 N–H and O–H groups in total. The van der Waals surface area contributed by atoms with Crippen LogP contribution in [0.15, 0.2) is 58.8 Å². The predicted molar refractivity (Wildman–Crippen MR) is 88.3 cm³/mol. The van der Waals surface area contributed by atoms with Gasteiger partial charge in [0.15, 0.2) is 0 Å². The van der Waals surface area contributed by atoms with Crippen molar-refractivity contribution in [3.8, 4) is 5.69 Å². The normalized spacial score (nSPS) is 15.4. The average Bonchev–Trinajstić information content (AvgIpc) is 3.11. The molecule has 7 nitrogen and oxygen atoms in total. The van der Waals surface area contributed by atoms with Crippen LogP contribution in [0.2, 0.25) is 0 Å². The van der Waals surface area contributed by atoms with Crippen molar-refractivity contribution >= 4 is 0 Å². The van der Waals surface area contributed by atoms with Gasteiger partial charge < -0.3 is 9.13 Å². The van der Waals surface area contributed by atoms with Crippen LogP contribution in [0.3, 0.4) is 0 Å². The molecule has 0 aliphatic heterocycles. The van der Waals surface area contributed by atoms with Crippen LogP contribution in [-0.2, 0) is 12.1 Å². The zero-order valence-corrected chi connectivity index (χ0v) is 13.3. The first-order valence-corrected chi connectivity index (χ1v) is 7.84. The van der Waals surface area contributed by atoms with E-state index in [2.05, 4.69) is 10.1 Å². The number of aromatic nitrogens is 5. The molecular formula is C17H17N5O2. The molecule has 0 aromatic carbocycles. The maximum atomic E-state index is 12.3. The Kier molecular flexibility index (Phi) is 3.23. The van der Waals surface area contributed by atoms with E-state index in [9.17, 15) is 9.59 Å². The highest BCUT2D eigenvalue weighted by Crippen LogP contribution is 2.41. The molecule has 1 aliphatic rings. The zero-order valence-electron chi connectivity index (χ0n) is 13.3. The van der Waals surface area contributed by atoms with Gasteiger partial charge in [-0.1, -0.05) is 0 Å². The summed E-state index contributed by atoms with van der Waals surface area (Å²) >= 11 is 0. The molecule has 122 valence electrons. The Balaban J connectivity index is 1.61. The second-order valence-corrected chi connectivity index (χ2v) is 6.36. The Bertz CT molecular complexity index is 979. The van der Waals surface area contributed by atoms with E-state index >= 15 is 0 Å². The monoisotopic (exact) mass is 323 g/mol. The lowest BCUT2D eigenvalue weighted by Gasteiger charge is -2.14. The molecule has 0 spiro atoms. The highest BCUT2D eigenvalue weighted by molar-refractivity contribution is 5.28. The van der Waals surface area contributed by atoms with Crippen LogP contribution < -0.4 is 11.1 Å². The van der Waals surface area contributed by atoms with Gasteiger partial charge in [-0.3, -0.25) is 14.6 Å². The first-order valence-electron chi connectivity index (χ1n) is 7.84. The van der Waals surface area contributed by atoms with Gasteiger partial charge in [0.2, 0.25) is 0 Å². The number of hydrogen-bond donors (Lipinski definition) is 0. The Labute approximate surface area is 137 Å². The first-order chi connectivity index (χ1) is 11.6. The minimum absolute atomic E-state index is 0.182. The Morgan fingerprint density at radius 1 is 1.12 bits per heavy atom. The summed E-state index contributed by atoms with van der Waals surface area (Å²) in [5, 5.41) is 4.14. The van der Waals surface area contributed by atoms with Gasteiger partial charge in [-0.2, -0.15) is 5.10 Å². The third-order valence-electron chi connectivity index (χ3n) is 4.52. The number of pyridine rings is 1. The van der Waals surface area contributed by atoms with Crippen molar-refractivity contribution in [2.24, 2.45) is 0 Å². The van der Waals surface area contributed by atoms with Crippen LogP contribution in [0, 0.1) is 0 Å². The van der Waals surface area contributed by atoms with Crippen LogP contribution >= 0.6 is 0 Å². The molecule has 0 bridgehead atoms. The van der Waals surface area contributed by atoms with Gasteiger partial charge >= 0.3 is 11.1 Å². The first kappa shape index (κ1) is 14.6. The highest BCUT2D eigenvalue weighted by atomic mass is 16.2. The third-order valence-corrected chi connectivity index (χ3v) is 4.52. The highest BCUT2D eigenvalue weighted by Gasteiger charge is 2.40. The fourth-order valence-electron chi connectivity index (χ4n) is 2.72. The molecule has 0 atom stereocenters. The lowest BCUT2D eigenvalue weighted by molar-refractivity contribution is 0.495. The molecule has 3 heterocycles. The fraction of sp³-hybridized carbons (Fsp3) is 0.294. The topological polar surface area (TPSA) is 74.7 Å². The molecule has 0 saturated heterocycles. The summed E-state index contributed by atoms with van der Waals surface area (Å²) in [5.74, 6) is 0. The molecular weight excluding hydrogens is 306 g/mol. The quantitative estimate of drug-likeness (QED) is 0.675. The van der Waals surface area contributed by atoms with E-state index in [1.807, 2.05) is 31.3 Å². The summed E-state index contributed by atoms with van der Waals surface area (Å²) < 4.78 is 4.67. The minimum Gasteiger partial charge on any atom is -0.304 e. The molecule has 0 unspecified atom stereocenters. The van der Waals surface area contributed by atoms with Crippen molar-refractivity contribution in [1.29, 1.82) is 0 Å².